The Hall–Kier alpha value is -3.88. The number of phenols is 1. The summed E-state index contributed by atoms with van der Waals surface area (Å²) < 4.78 is 0. The maximum atomic E-state index is 13.2. The number of piperidine rings is 1. The molecule has 6 rings (SSSR count). The van der Waals surface area contributed by atoms with Gasteiger partial charge in [0.1, 0.15) is 5.75 Å². The van der Waals surface area contributed by atoms with Gasteiger partial charge in [0.15, 0.2) is 0 Å². The van der Waals surface area contributed by atoms with E-state index < -0.39 is 0 Å². The minimum Gasteiger partial charge on any atom is -0.507 e. The summed E-state index contributed by atoms with van der Waals surface area (Å²) in [4.78, 5) is 15.7. The Morgan fingerprint density at radius 3 is 2.55 bits per heavy atom. The number of fused-ring (bicyclic) bond motifs is 1. The average molecular weight is 504 g/mol. The van der Waals surface area contributed by atoms with Crippen LogP contribution in [0, 0.1) is 17.2 Å². The molecule has 0 aromatic heterocycles. The van der Waals surface area contributed by atoms with Gasteiger partial charge < -0.3 is 15.3 Å². The van der Waals surface area contributed by atoms with E-state index >= 15 is 0 Å². The van der Waals surface area contributed by atoms with Crippen molar-refractivity contribution in [2.24, 2.45) is 5.92 Å². The van der Waals surface area contributed by atoms with Crippen LogP contribution in [0.2, 0.25) is 0 Å². The highest BCUT2D eigenvalue weighted by Gasteiger charge is 2.53. The largest absolute Gasteiger partial charge is 0.507 e. The first kappa shape index (κ1) is 24.5. The molecular formula is C33H33N3O2. The zero-order valence-corrected chi connectivity index (χ0v) is 21.8. The molecule has 5 nitrogen and oxygen atoms in total. The molecule has 3 unspecified atom stereocenters. The molecule has 2 N–H and O–H groups in total. The van der Waals surface area contributed by atoms with Gasteiger partial charge in [-0.05, 0) is 86.1 Å². The van der Waals surface area contributed by atoms with E-state index in [1.54, 1.807) is 6.07 Å². The molecule has 1 amide bonds. The molecule has 5 heteroatoms. The molecule has 3 aromatic carbocycles. The van der Waals surface area contributed by atoms with E-state index in [1.807, 2.05) is 24.3 Å². The molecule has 3 aliphatic rings. The summed E-state index contributed by atoms with van der Waals surface area (Å²) in [5.74, 6) is 0.364. The van der Waals surface area contributed by atoms with E-state index in [4.69, 9.17) is 5.26 Å². The van der Waals surface area contributed by atoms with Crippen molar-refractivity contribution in [2.75, 3.05) is 20.1 Å². The summed E-state index contributed by atoms with van der Waals surface area (Å²) in [7, 11) is 2.21. The summed E-state index contributed by atoms with van der Waals surface area (Å²) in [6.07, 6.45) is 9.34. The van der Waals surface area contributed by atoms with Gasteiger partial charge >= 0.3 is 0 Å². The van der Waals surface area contributed by atoms with Crippen molar-refractivity contribution in [2.45, 2.75) is 43.6 Å². The molecule has 0 saturated carbocycles. The number of nitrogens with zero attached hydrogens (tertiary/aromatic N) is 2. The smallest absolute Gasteiger partial charge is 0.255 e. The van der Waals surface area contributed by atoms with Gasteiger partial charge in [0.2, 0.25) is 0 Å². The fourth-order valence-corrected chi connectivity index (χ4v) is 7.02. The Labute approximate surface area is 224 Å². The van der Waals surface area contributed by atoms with E-state index in [0.717, 1.165) is 54.5 Å². The fourth-order valence-electron chi connectivity index (χ4n) is 7.02. The molecule has 3 aromatic rings. The predicted molar refractivity (Wildman–Crippen MR) is 149 cm³/mol. The number of carbonyl (C=O) groups is 1. The lowest BCUT2D eigenvalue weighted by molar-refractivity contribution is 0.0460. The third-order valence-electron chi connectivity index (χ3n) is 9.07. The molecule has 1 heterocycles. The third-order valence-corrected chi connectivity index (χ3v) is 9.07. The van der Waals surface area contributed by atoms with Crippen molar-refractivity contribution in [1.29, 1.82) is 5.26 Å². The van der Waals surface area contributed by atoms with Crippen LogP contribution in [0.5, 0.6) is 5.75 Å². The first-order valence-corrected chi connectivity index (χ1v) is 13.6. The SMILES string of the molecule is CN1CCC23CCC=CC2C1Cc1ccc(C(=O)NCCc2ccc(-c4ccc(C#N)cc4)cc2)c(O)c13. The molecule has 1 aliphatic heterocycles. The van der Waals surface area contributed by atoms with Gasteiger partial charge in [0, 0.05) is 29.5 Å². The lowest BCUT2D eigenvalue weighted by Gasteiger charge is -2.56. The lowest BCUT2D eigenvalue weighted by Crippen LogP contribution is -2.58. The number of hydrogen-bond acceptors (Lipinski definition) is 4. The number of aromatic hydroxyl groups is 1. The van der Waals surface area contributed by atoms with E-state index in [0.29, 0.717) is 36.1 Å². The lowest BCUT2D eigenvalue weighted by atomic mass is 9.54. The van der Waals surface area contributed by atoms with Crippen molar-refractivity contribution in [3.63, 3.8) is 0 Å². The van der Waals surface area contributed by atoms with Crippen LogP contribution in [0.15, 0.2) is 72.8 Å². The molecular weight excluding hydrogens is 470 g/mol. The third kappa shape index (κ3) is 4.10. The first-order chi connectivity index (χ1) is 18.5. The molecule has 0 radical (unpaired) electrons. The Kier molecular flexibility index (Phi) is 6.29. The molecule has 3 atom stereocenters. The first-order valence-electron chi connectivity index (χ1n) is 13.6. The van der Waals surface area contributed by atoms with E-state index in [1.165, 1.54) is 5.56 Å². The minimum atomic E-state index is -0.214. The van der Waals surface area contributed by atoms with Crippen LogP contribution in [0.4, 0.5) is 0 Å². The van der Waals surface area contributed by atoms with Crippen molar-refractivity contribution < 1.29 is 9.90 Å². The number of carbonyl (C=O) groups excluding carboxylic acids is 1. The van der Waals surface area contributed by atoms with Crippen LogP contribution in [0.3, 0.4) is 0 Å². The second kappa shape index (κ2) is 9.78. The van der Waals surface area contributed by atoms with E-state index in [9.17, 15) is 9.90 Å². The standard InChI is InChI=1S/C33H33N3O2/c1-36-19-17-33-16-3-2-4-28(33)29(36)20-26-13-14-27(31(37)30(26)33)32(38)35-18-15-22-5-9-24(10-6-22)25-11-7-23(21-34)8-12-25/h2,4-14,28-29,37H,3,15-20H2,1H3,(H,35,38). The van der Waals surface area contributed by atoms with Crippen molar-refractivity contribution in [3.8, 4) is 22.9 Å². The second-order valence-corrected chi connectivity index (χ2v) is 11.0. The Balaban J connectivity index is 1.15. The highest BCUT2D eigenvalue weighted by molar-refractivity contribution is 5.97. The molecule has 2 bridgehead atoms. The summed E-state index contributed by atoms with van der Waals surface area (Å²) in [5.41, 5.74) is 6.48. The Morgan fingerprint density at radius 2 is 1.82 bits per heavy atom. The van der Waals surface area contributed by atoms with Crippen LogP contribution < -0.4 is 5.32 Å². The van der Waals surface area contributed by atoms with Crippen LogP contribution in [0.25, 0.3) is 11.1 Å². The number of benzene rings is 3. The van der Waals surface area contributed by atoms with E-state index in [-0.39, 0.29) is 17.1 Å². The van der Waals surface area contributed by atoms with Gasteiger partial charge in [-0.3, -0.25) is 4.79 Å². The zero-order chi connectivity index (χ0) is 26.3. The number of allylic oxidation sites excluding steroid dienone is 1. The number of nitrogens with one attached hydrogen (secondary N) is 1. The number of phenolic OH excluding ortho intramolecular Hbond substituents is 1. The monoisotopic (exact) mass is 503 g/mol. The zero-order valence-electron chi connectivity index (χ0n) is 21.8. The summed E-state index contributed by atoms with van der Waals surface area (Å²) in [6, 6.07) is 22.3. The van der Waals surface area contributed by atoms with Gasteiger partial charge in [-0.1, -0.05) is 54.6 Å². The summed E-state index contributed by atoms with van der Waals surface area (Å²) in [5, 5.41) is 23.5. The van der Waals surface area contributed by atoms with Gasteiger partial charge in [-0.25, -0.2) is 0 Å². The Bertz CT molecular complexity index is 1430. The number of likely N-dealkylation sites (N-methyl/N-ethyl adjacent to an activating group) is 1. The quantitative estimate of drug-likeness (QED) is 0.459. The summed E-state index contributed by atoms with van der Waals surface area (Å²) in [6.45, 7) is 1.52. The van der Waals surface area contributed by atoms with E-state index in [2.05, 4.69) is 65.8 Å². The number of amides is 1. The number of nitriles is 1. The van der Waals surface area contributed by atoms with Crippen molar-refractivity contribution in [3.05, 3.63) is 101 Å². The fraction of sp³-hybridized carbons (Fsp3) is 0.333. The van der Waals surface area contributed by atoms with Gasteiger partial charge in [0.25, 0.3) is 5.91 Å². The predicted octanol–water partition coefficient (Wildman–Crippen LogP) is 5.37. The highest BCUT2D eigenvalue weighted by Crippen LogP contribution is 2.56. The maximum absolute atomic E-state index is 13.2. The number of rotatable bonds is 5. The normalized spacial score (nSPS) is 23.7. The molecule has 1 fully saturated rings. The van der Waals surface area contributed by atoms with Crippen LogP contribution in [-0.4, -0.2) is 42.1 Å². The Morgan fingerprint density at radius 1 is 1.08 bits per heavy atom. The van der Waals surface area contributed by atoms with Crippen LogP contribution >= 0.6 is 0 Å². The van der Waals surface area contributed by atoms with Gasteiger partial charge in [-0.15, -0.1) is 0 Å². The van der Waals surface area contributed by atoms with Crippen molar-refractivity contribution >= 4 is 5.91 Å². The van der Waals surface area contributed by atoms with Gasteiger partial charge in [0.05, 0.1) is 17.2 Å². The molecule has 38 heavy (non-hydrogen) atoms. The van der Waals surface area contributed by atoms with Crippen LogP contribution in [0.1, 0.15) is 51.9 Å². The summed E-state index contributed by atoms with van der Waals surface area (Å²) >= 11 is 0. The van der Waals surface area contributed by atoms with Crippen LogP contribution in [-0.2, 0) is 18.3 Å². The molecule has 0 spiro atoms. The molecule has 192 valence electrons. The second-order valence-electron chi connectivity index (χ2n) is 11.0. The molecule has 2 aliphatic carbocycles. The topological polar surface area (TPSA) is 76.4 Å². The number of likely N-dealkylation sites (tertiary alicyclic amines) is 1. The van der Waals surface area contributed by atoms with Gasteiger partial charge in [-0.2, -0.15) is 5.26 Å². The minimum absolute atomic E-state index is 0.0729. The average Bonchev–Trinajstić information content (AvgIpc) is 2.95. The van der Waals surface area contributed by atoms with Crippen molar-refractivity contribution in [1.82, 2.24) is 10.2 Å². The highest BCUT2D eigenvalue weighted by atomic mass is 16.3. The molecule has 1 saturated heterocycles. The number of hydrogen-bond donors (Lipinski definition) is 2. The maximum Gasteiger partial charge on any atom is 0.255 e.